The van der Waals surface area contributed by atoms with Gasteiger partial charge in [-0.05, 0) is 32.6 Å². The first-order valence-electron chi connectivity index (χ1n) is 6.62. The van der Waals surface area contributed by atoms with Crippen molar-refractivity contribution in [2.75, 3.05) is 0 Å². The molecule has 94 valence electrons. The summed E-state index contributed by atoms with van der Waals surface area (Å²) >= 11 is 0. The van der Waals surface area contributed by atoms with E-state index in [0.29, 0.717) is 6.04 Å². The Morgan fingerprint density at radius 3 is 2.24 bits per heavy atom. The van der Waals surface area contributed by atoms with Gasteiger partial charge in [0.05, 0.1) is 0 Å². The minimum atomic E-state index is 0.500. The van der Waals surface area contributed by atoms with Gasteiger partial charge >= 0.3 is 0 Å². The minimum absolute atomic E-state index is 0.500. The summed E-state index contributed by atoms with van der Waals surface area (Å²) in [7, 11) is 0. The Bertz CT molecular complexity index is 371. The first-order chi connectivity index (χ1) is 8.06. The summed E-state index contributed by atoms with van der Waals surface area (Å²) in [6, 6.07) is 0.500. The topological polar surface area (TPSA) is 37.8 Å². The molecule has 0 unspecified atom stereocenters. The first kappa shape index (κ1) is 12.5. The van der Waals surface area contributed by atoms with Crippen molar-refractivity contribution in [2.24, 2.45) is 5.92 Å². The van der Waals surface area contributed by atoms with Gasteiger partial charge in [-0.2, -0.15) is 0 Å². The molecule has 0 aliphatic heterocycles. The van der Waals surface area contributed by atoms with Crippen LogP contribution in [-0.4, -0.2) is 16.0 Å². The van der Waals surface area contributed by atoms with E-state index in [9.17, 15) is 0 Å². The van der Waals surface area contributed by atoms with E-state index in [1.807, 2.05) is 0 Å². The molecule has 0 radical (unpaired) electrons. The zero-order chi connectivity index (χ0) is 12.4. The van der Waals surface area contributed by atoms with Gasteiger partial charge in [0, 0.05) is 36.0 Å². The van der Waals surface area contributed by atoms with Crippen molar-refractivity contribution in [3.05, 3.63) is 22.8 Å². The minimum Gasteiger partial charge on any atom is -0.310 e. The van der Waals surface area contributed by atoms with E-state index in [2.05, 4.69) is 43.0 Å². The van der Waals surface area contributed by atoms with Gasteiger partial charge in [0.15, 0.2) is 0 Å². The lowest BCUT2D eigenvalue weighted by Gasteiger charge is -2.13. The molecule has 3 heteroatoms. The monoisotopic (exact) mass is 233 g/mol. The van der Waals surface area contributed by atoms with Crippen LogP contribution in [0.15, 0.2) is 0 Å². The lowest BCUT2D eigenvalue weighted by atomic mass is 10.1. The Balaban J connectivity index is 2.10. The van der Waals surface area contributed by atoms with Crippen molar-refractivity contribution in [3.8, 4) is 0 Å². The summed E-state index contributed by atoms with van der Waals surface area (Å²) in [5, 5.41) is 3.44. The summed E-state index contributed by atoms with van der Waals surface area (Å²) in [5.41, 5.74) is 3.54. The summed E-state index contributed by atoms with van der Waals surface area (Å²) < 4.78 is 0. The number of hydrogen-bond donors (Lipinski definition) is 1. The molecule has 1 aliphatic rings. The average molecular weight is 233 g/mol. The summed E-state index contributed by atoms with van der Waals surface area (Å²) in [6.45, 7) is 9.39. The maximum Gasteiger partial charge on any atom is 0.129 e. The number of rotatable bonds is 5. The third kappa shape index (κ3) is 3.50. The SMILES string of the molecule is Cc1nc(CC2CC2)nc(C)c1CNC(C)C. The maximum atomic E-state index is 4.64. The van der Waals surface area contributed by atoms with E-state index in [-0.39, 0.29) is 0 Å². The number of nitrogens with one attached hydrogen (secondary N) is 1. The molecule has 1 fully saturated rings. The van der Waals surface area contributed by atoms with Crippen LogP contribution in [0.5, 0.6) is 0 Å². The highest BCUT2D eigenvalue weighted by Crippen LogP contribution is 2.31. The second kappa shape index (κ2) is 5.13. The third-order valence-corrected chi connectivity index (χ3v) is 3.32. The smallest absolute Gasteiger partial charge is 0.129 e. The number of nitrogens with zero attached hydrogens (tertiary/aromatic N) is 2. The number of aryl methyl sites for hydroxylation is 2. The fourth-order valence-corrected chi connectivity index (χ4v) is 2.04. The van der Waals surface area contributed by atoms with Crippen LogP contribution in [0.3, 0.4) is 0 Å². The zero-order valence-corrected chi connectivity index (χ0v) is 11.4. The largest absolute Gasteiger partial charge is 0.310 e. The van der Waals surface area contributed by atoms with Crippen LogP contribution in [-0.2, 0) is 13.0 Å². The van der Waals surface area contributed by atoms with E-state index in [4.69, 9.17) is 0 Å². The van der Waals surface area contributed by atoms with Crippen LogP contribution in [0, 0.1) is 19.8 Å². The molecule has 0 saturated heterocycles. The Labute approximate surface area is 104 Å². The molecule has 0 spiro atoms. The van der Waals surface area contributed by atoms with Crippen LogP contribution in [0.2, 0.25) is 0 Å². The molecule has 0 bridgehead atoms. The van der Waals surface area contributed by atoms with E-state index < -0.39 is 0 Å². The molecular weight excluding hydrogens is 210 g/mol. The van der Waals surface area contributed by atoms with Gasteiger partial charge in [-0.25, -0.2) is 9.97 Å². The molecule has 0 atom stereocenters. The Hall–Kier alpha value is -0.960. The van der Waals surface area contributed by atoms with E-state index in [1.54, 1.807) is 0 Å². The van der Waals surface area contributed by atoms with Gasteiger partial charge in [-0.3, -0.25) is 0 Å². The molecule has 1 N–H and O–H groups in total. The highest BCUT2D eigenvalue weighted by atomic mass is 14.9. The molecule has 1 aromatic rings. The highest BCUT2D eigenvalue weighted by molar-refractivity contribution is 5.24. The standard InChI is InChI=1S/C14H23N3/c1-9(2)15-8-13-10(3)16-14(17-11(13)4)7-12-5-6-12/h9,12,15H,5-8H2,1-4H3. The lowest BCUT2D eigenvalue weighted by Crippen LogP contribution is -2.23. The summed E-state index contributed by atoms with van der Waals surface area (Å²) in [4.78, 5) is 9.28. The normalized spacial score (nSPS) is 15.6. The third-order valence-electron chi connectivity index (χ3n) is 3.32. The second-order valence-electron chi connectivity index (χ2n) is 5.47. The van der Waals surface area contributed by atoms with E-state index in [1.165, 1.54) is 18.4 Å². The predicted octanol–water partition coefficient (Wildman–Crippen LogP) is 2.54. The first-order valence-corrected chi connectivity index (χ1v) is 6.62. The molecule has 0 amide bonds. The predicted molar refractivity (Wildman–Crippen MR) is 69.9 cm³/mol. The second-order valence-corrected chi connectivity index (χ2v) is 5.47. The van der Waals surface area contributed by atoms with Crippen LogP contribution in [0.1, 0.15) is 49.5 Å². The number of hydrogen-bond acceptors (Lipinski definition) is 3. The molecule has 1 saturated carbocycles. The van der Waals surface area contributed by atoms with Crippen molar-refractivity contribution >= 4 is 0 Å². The van der Waals surface area contributed by atoms with Gasteiger partial charge in [0.2, 0.25) is 0 Å². The number of aromatic nitrogens is 2. The lowest BCUT2D eigenvalue weighted by molar-refractivity contribution is 0.581. The van der Waals surface area contributed by atoms with Crippen LogP contribution in [0.4, 0.5) is 0 Å². The fraction of sp³-hybridized carbons (Fsp3) is 0.714. The van der Waals surface area contributed by atoms with Crippen molar-refractivity contribution in [1.29, 1.82) is 0 Å². The molecule has 1 aliphatic carbocycles. The van der Waals surface area contributed by atoms with Gasteiger partial charge in [-0.1, -0.05) is 13.8 Å². The average Bonchev–Trinajstić information content (AvgIpc) is 2.99. The van der Waals surface area contributed by atoms with E-state index in [0.717, 1.165) is 36.1 Å². The van der Waals surface area contributed by atoms with Crippen LogP contribution in [0.25, 0.3) is 0 Å². The summed E-state index contributed by atoms with van der Waals surface area (Å²) in [5.74, 6) is 1.89. The Kier molecular flexibility index (Phi) is 3.77. The quantitative estimate of drug-likeness (QED) is 0.849. The molecule has 3 nitrogen and oxygen atoms in total. The van der Waals surface area contributed by atoms with Crippen molar-refractivity contribution in [1.82, 2.24) is 15.3 Å². The molecule has 2 rings (SSSR count). The molecule has 1 aromatic heterocycles. The van der Waals surface area contributed by atoms with Gasteiger partial charge < -0.3 is 5.32 Å². The van der Waals surface area contributed by atoms with Crippen molar-refractivity contribution < 1.29 is 0 Å². The molecule has 0 aromatic carbocycles. The zero-order valence-electron chi connectivity index (χ0n) is 11.4. The van der Waals surface area contributed by atoms with Crippen LogP contribution >= 0.6 is 0 Å². The Morgan fingerprint density at radius 2 is 1.76 bits per heavy atom. The van der Waals surface area contributed by atoms with E-state index >= 15 is 0 Å². The van der Waals surface area contributed by atoms with Gasteiger partial charge in [0.1, 0.15) is 5.82 Å². The van der Waals surface area contributed by atoms with Crippen LogP contribution < -0.4 is 5.32 Å². The Morgan fingerprint density at radius 1 is 1.18 bits per heavy atom. The molecule has 17 heavy (non-hydrogen) atoms. The summed E-state index contributed by atoms with van der Waals surface area (Å²) in [6.07, 6.45) is 3.79. The van der Waals surface area contributed by atoms with Gasteiger partial charge in [-0.15, -0.1) is 0 Å². The maximum absolute atomic E-state index is 4.64. The molecule has 1 heterocycles. The van der Waals surface area contributed by atoms with Gasteiger partial charge in [0.25, 0.3) is 0 Å². The fourth-order valence-electron chi connectivity index (χ4n) is 2.04. The highest BCUT2D eigenvalue weighted by Gasteiger charge is 2.23. The van der Waals surface area contributed by atoms with Crippen molar-refractivity contribution in [2.45, 2.75) is 59.5 Å². The molecular formula is C14H23N3. The van der Waals surface area contributed by atoms with Crippen molar-refractivity contribution in [3.63, 3.8) is 0 Å².